The lowest BCUT2D eigenvalue weighted by Crippen LogP contribution is -2.46. The maximum absolute atomic E-state index is 12.4. The molecule has 2 heterocycles. The second-order valence-corrected chi connectivity index (χ2v) is 5.67. The molecule has 1 aromatic rings. The number of rotatable bonds is 5. The number of hydrogen-bond acceptors (Lipinski definition) is 4. The zero-order valence-electron chi connectivity index (χ0n) is 13.1. The van der Waals surface area contributed by atoms with Gasteiger partial charge in [0.1, 0.15) is 6.54 Å². The Morgan fingerprint density at radius 2 is 2.23 bits per heavy atom. The number of H-pyrrole nitrogens is 1. The van der Waals surface area contributed by atoms with Crippen LogP contribution in [-0.4, -0.2) is 46.2 Å². The Balaban J connectivity index is 2.01. The van der Waals surface area contributed by atoms with Crippen molar-refractivity contribution in [3.05, 3.63) is 32.6 Å². The number of amides is 1. The molecule has 1 fully saturated rings. The lowest BCUT2D eigenvalue weighted by atomic mass is 10.1. The number of aromatic nitrogens is 2. The quantitative estimate of drug-likeness (QED) is 0.846. The molecule has 0 radical (unpaired) electrons. The van der Waals surface area contributed by atoms with E-state index in [2.05, 4.69) is 11.9 Å². The summed E-state index contributed by atoms with van der Waals surface area (Å²) >= 11 is 0. The molecule has 1 aliphatic rings. The van der Waals surface area contributed by atoms with E-state index in [1.807, 2.05) is 0 Å². The number of carbonyl (C=O) groups excluding carboxylic acids is 1. The van der Waals surface area contributed by atoms with Crippen molar-refractivity contribution in [2.75, 3.05) is 19.7 Å². The van der Waals surface area contributed by atoms with E-state index in [0.29, 0.717) is 25.3 Å². The first-order chi connectivity index (χ1) is 10.5. The van der Waals surface area contributed by atoms with Gasteiger partial charge in [-0.05, 0) is 26.2 Å². The van der Waals surface area contributed by atoms with Gasteiger partial charge in [0.15, 0.2) is 0 Å². The summed E-state index contributed by atoms with van der Waals surface area (Å²) in [5, 5.41) is 0. The van der Waals surface area contributed by atoms with Crippen LogP contribution < -0.4 is 11.2 Å². The molecule has 1 amide bonds. The molecule has 0 spiro atoms. The number of ether oxygens (including phenoxy) is 1. The summed E-state index contributed by atoms with van der Waals surface area (Å²) in [6.45, 7) is 5.55. The predicted molar refractivity (Wildman–Crippen MR) is 81.9 cm³/mol. The highest BCUT2D eigenvalue weighted by atomic mass is 16.5. The number of aryl methyl sites for hydroxylation is 1. The fourth-order valence-electron chi connectivity index (χ4n) is 2.57. The molecule has 0 aliphatic carbocycles. The van der Waals surface area contributed by atoms with Crippen molar-refractivity contribution in [2.24, 2.45) is 0 Å². The molecule has 1 atom stereocenters. The molecular weight excluding hydrogens is 286 g/mol. The molecule has 0 saturated carbocycles. The minimum absolute atomic E-state index is 0.0586. The van der Waals surface area contributed by atoms with E-state index in [1.54, 1.807) is 11.8 Å². The minimum Gasteiger partial charge on any atom is -0.376 e. The Labute approximate surface area is 128 Å². The molecule has 7 heteroatoms. The van der Waals surface area contributed by atoms with Crippen molar-refractivity contribution in [1.82, 2.24) is 14.5 Å². The molecule has 0 unspecified atom stereocenters. The molecule has 122 valence electrons. The standard InChI is InChI=1S/C15H23N3O4/c1-3-7-22-12-5-4-6-17(9-12)13(19)10-18-8-11(2)14(20)16-15(18)21/h8,12H,3-7,9-10H2,1-2H3,(H,16,20,21)/t12-/m0/s1. The number of piperidine rings is 1. The zero-order chi connectivity index (χ0) is 16.1. The molecule has 7 nitrogen and oxygen atoms in total. The van der Waals surface area contributed by atoms with Gasteiger partial charge in [-0.3, -0.25) is 19.1 Å². The van der Waals surface area contributed by atoms with E-state index < -0.39 is 11.2 Å². The van der Waals surface area contributed by atoms with Crippen LogP contribution in [0.1, 0.15) is 31.7 Å². The Bertz CT molecular complexity index is 634. The number of likely N-dealkylation sites (tertiary alicyclic amines) is 1. The van der Waals surface area contributed by atoms with E-state index >= 15 is 0 Å². The largest absolute Gasteiger partial charge is 0.376 e. The highest BCUT2D eigenvalue weighted by Crippen LogP contribution is 2.14. The molecule has 22 heavy (non-hydrogen) atoms. The summed E-state index contributed by atoms with van der Waals surface area (Å²) in [7, 11) is 0. The molecule has 0 aromatic carbocycles. The first kappa shape index (κ1) is 16.5. The molecule has 1 N–H and O–H groups in total. The van der Waals surface area contributed by atoms with Gasteiger partial charge in [0.2, 0.25) is 5.91 Å². The normalized spacial score (nSPS) is 18.5. The van der Waals surface area contributed by atoms with Crippen molar-refractivity contribution >= 4 is 5.91 Å². The smallest absolute Gasteiger partial charge is 0.328 e. The van der Waals surface area contributed by atoms with Crippen molar-refractivity contribution < 1.29 is 9.53 Å². The van der Waals surface area contributed by atoms with Crippen LogP contribution in [0.25, 0.3) is 0 Å². The second kappa shape index (κ2) is 7.40. The van der Waals surface area contributed by atoms with Gasteiger partial charge in [-0.15, -0.1) is 0 Å². The first-order valence-electron chi connectivity index (χ1n) is 7.71. The van der Waals surface area contributed by atoms with Crippen molar-refractivity contribution in [1.29, 1.82) is 0 Å². The van der Waals surface area contributed by atoms with Crippen molar-refractivity contribution in [3.8, 4) is 0 Å². The van der Waals surface area contributed by atoms with Gasteiger partial charge in [-0.2, -0.15) is 0 Å². The van der Waals surface area contributed by atoms with Crippen molar-refractivity contribution in [2.45, 2.75) is 45.8 Å². The second-order valence-electron chi connectivity index (χ2n) is 5.67. The first-order valence-corrected chi connectivity index (χ1v) is 7.71. The highest BCUT2D eigenvalue weighted by molar-refractivity contribution is 5.76. The van der Waals surface area contributed by atoms with Gasteiger partial charge in [0, 0.05) is 31.5 Å². The Morgan fingerprint density at radius 1 is 1.45 bits per heavy atom. The third kappa shape index (κ3) is 4.07. The lowest BCUT2D eigenvalue weighted by molar-refractivity contribution is -0.136. The Morgan fingerprint density at radius 3 is 2.95 bits per heavy atom. The van der Waals surface area contributed by atoms with Gasteiger partial charge < -0.3 is 9.64 Å². The van der Waals surface area contributed by atoms with E-state index in [9.17, 15) is 14.4 Å². The molecule has 1 aliphatic heterocycles. The van der Waals surface area contributed by atoms with Gasteiger partial charge in [0.05, 0.1) is 6.10 Å². The fraction of sp³-hybridized carbons (Fsp3) is 0.667. The fourth-order valence-corrected chi connectivity index (χ4v) is 2.57. The van der Waals surface area contributed by atoms with Crippen LogP contribution in [0.15, 0.2) is 15.8 Å². The lowest BCUT2D eigenvalue weighted by Gasteiger charge is -2.32. The van der Waals surface area contributed by atoms with Gasteiger partial charge in [-0.1, -0.05) is 6.92 Å². The summed E-state index contributed by atoms with van der Waals surface area (Å²) in [5.74, 6) is -0.127. The summed E-state index contributed by atoms with van der Waals surface area (Å²) < 4.78 is 6.96. The van der Waals surface area contributed by atoms with Crippen LogP contribution >= 0.6 is 0 Å². The van der Waals surface area contributed by atoms with Gasteiger partial charge in [0.25, 0.3) is 5.56 Å². The third-order valence-corrected chi connectivity index (χ3v) is 3.78. The maximum Gasteiger partial charge on any atom is 0.328 e. The SMILES string of the molecule is CCCO[C@H]1CCCN(C(=O)Cn2cc(C)c(=O)[nH]c2=O)C1. The number of nitrogens with zero attached hydrogens (tertiary/aromatic N) is 2. The summed E-state index contributed by atoms with van der Waals surface area (Å²) in [4.78, 5) is 39.4. The monoisotopic (exact) mass is 309 g/mol. The van der Waals surface area contributed by atoms with E-state index in [0.717, 1.165) is 19.3 Å². The third-order valence-electron chi connectivity index (χ3n) is 3.78. The Kier molecular flexibility index (Phi) is 5.54. The van der Waals surface area contributed by atoms with Gasteiger partial charge in [-0.25, -0.2) is 4.79 Å². The number of nitrogens with one attached hydrogen (secondary N) is 1. The van der Waals surface area contributed by atoms with Crippen LogP contribution in [0.3, 0.4) is 0 Å². The van der Waals surface area contributed by atoms with Crippen LogP contribution in [0, 0.1) is 6.92 Å². The molecule has 0 bridgehead atoms. The predicted octanol–water partition coefficient (Wildman–Crippen LogP) is 0.263. The summed E-state index contributed by atoms with van der Waals surface area (Å²) in [6.07, 6.45) is 4.32. The average Bonchev–Trinajstić information content (AvgIpc) is 2.50. The molecule has 2 rings (SSSR count). The van der Waals surface area contributed by atoms with Crippen LogP contribution in [0.5, 0.6) is 0 Å². The zero-order valence-corrected chi connectivity index (χ0v) is 13.1. The van der Waals surface area contributed by atoms with E-state index in [-0.39, 0.29) is 18.6 Å². The number of aromatic amines is 1. The highest BCUT2D eigenvalue weighted by Gasteiger charge is 2.24. The van der Waals surface area contributed by atoms with E-state index in [4.69, 9.17) is 4.74 Å². The summed E-state index contributed by atoms with van der Waals surface area (Å²) in [5.41, 5.74) is -0.561. The average molecular weight is 309 g/mol. The molecular formula is C15H23N3O4. The van der Waals surface area contributed by atoms with Crippen LogP contribution in [-0.2, 0) is 16.1 Å². The maximum atomic E-state index is 12.4. The van der Waals surface area contributed by atoms with Crippen LogP contribution in [0.4, 0.5) is 0 Å². The molecule has 1 aromatic heterocycles. The number of carbonyl (C=O) groups is 1. The number of hydrogen-bond donors (Lipinski definition) is 1. The van der Waals surface area contributed by atoms with E-state index in [1.165, 1.54) is 10.8 Å². The Hall–Kier alpha value is -1.89. The molecule has 1 saturated heterocycles. The van der Waals surface area contributed by atoms with Crippen LogP contribution in [0.2, 0.25) is 0 Å². The van der Waals surface area contributed by atoms with Crippen molar-refractivity contribution in [3.63, 3.8) is 0 Å². The van der Waals surface area contributed by atoms with Gasteiger partial charge >= 0.3 is 5.69 Å². The summed E-state index contributed by atoms with van der Waals surface area (Å²) in [6, 6.07) is 0. The minimum atomic E-state index is -0.556. The topological polar surface area (TPSA) is 84.4 Å².